The predicted molar refractivity (Wildman–Crippen MR) is 42.5 cm³/mol. The highest BCUT2D eigenvalue weighted by Crippen LogP contribution is 2.01. The molecule has 11 heavy (non-hydrogen) atoms. The summed E-state index contributed by atoms with van der Waals surface area (Å²) in [7, 11) is 0. The van der Waals surface area contributed by atoms with Crippen molar-refractivity contribution >= 4 is 5.97 Å². The van der Waals surface area contributed by atoms with Gasteiger partial charge in [-0.25, -0.2) is 0 Å². The Kier molecular flexibility index (Phi) is 4.86. The van der Waals surface area contributed by atoms with Crippen LogP contribution in [0.15, 0.2) is 0 Å². The molecular formula is C8H16O3. The van der Waals surface area contributed by atoms with Crippen LogP contribution >= 0.6 is 0 Å². The van der Waals surface area contributed by atoms with Gasteiger partial charge in [-0.15, -0.1) is 0 Å². The highest BCUT2D eigenvalue weighted by Gasteiger charge is 2.11. The van der Waals surface area contributed by atoms with Gasteiger partial charge in [-0.2, -0.15) is 0 Å². The molecule has 66 valence electrons. The van der Waals surface area contributed by atoms with Crippen LogP contribution in [0.25, 0.3) is 0 Å². The van der Waals surface area contributed by atoms with Crippen molar-refractivity contribution in [3.63, 3.8) is 0 Å². The summed E-state index contributed by atoms with van der Waals surface area (Å²) in [4.78, 5) is 10.3. The number of carboxylic acids is 1. The molecule has 0 aromatic carbocycles. The highest BCUT2D eigenvalue weighted by molar-refractivity contribution is 5.69. The molecular weight excluding hydrogens is 144 g/mol. The van der Waals surface area contributed by atoms with Crippen LogP contribution in [0.5, 0.6) is 0 Å². The minimum atomic E-state index is -0.798. The Balaban J connectivity index is 3.45. The number of aliphatic carboxylic acids is 1. The van der Waals surface area contributed by atoms with Gasteiger partial charge in [-0.05, 0) is 20.3 Å². The molecule has 1 N–H and O–H groups in total. The fourth-order valence-corrected chi connectivity index (χ4v) is 0.498. The van der Waals surface area contributed by atoms with Crippen molar-refractivity contribution in [1.29, 1.82) is 0 Å². The molecule has 3 nitrogen and oxygen atoms in total. The van der Waals surface area contributed by atoms with Gasteiger partial charge in [0.05, 0.1) is 18.6 Å². The molecule has 0 aliphatic carbocycles. The lowest BCUT2D eigenvalue weighted by atomic mass is 10.2. The molecule has 0 saturated heterocycles. The monoisotopic (exact) mass is 160 g/mol. The van der Waals surface area contributed by atoms with E-state index in [2.05, 4.69) is 0 Å². The maximum absolute atomic E-state index is 10.3. The van der Waals surface area contributed by atoms with Crippen LogP contribution in [0.2, 0.25) is 0 Å². The fraction of sp³-hybridized carbons (Fsp3) is 0.875. The predicted octanol–water partition coefficient (Wildman–Crippen LogP) is 1.52. The topological polar surface area (TPSA) is 46.5 Å². The van der Waals surface area contributed by atoms with Crippen molar-refractivity contribution in [1.82, 2.24) is 0 Å². The van der Waals surface area contributed by atoms with E-state index in [1.54, 1.807) is 6.92 Å². The van der Waals surface area contributed by atoms with E-state index in [4.69, 9.17) is 9.84 Å². The van der Waals surface area contributed by atoms with Crippen molar-refractivity contribution in [2.75, 3.05) is 6.61 Å². The van der Waals surface area contributed by atoms with Gasteiger partial charge in [-0.3, -0.25) is 4.79 Å². The maximum Gasteiger partial charge on any atom is 0.308 e. The van der Waals surface area contributed by atoms with Crippen LogP contribution in [-0.4, -0.2) is 23.8 Å². The number of carboxylic acid groups (broad SMARTS) is 1. The quantitative estimate of drug-likeness (QED) is 0.663. The molecule has 0 aromatic rings. The van der Waals surface area contributed by atoms with Crippen molar-refractivity contribution in [2.24, 2.45) is 5.92 Å². The van der Waals surface area contributed by atoms with Gasteiger partial charge in [0.2, 0.25) is 0 Å². The molecule has 3 heteroatoms. The van der Waals surface area contributed by atoms with E-state index in [1.807, 2.05) is 13.8 Å². The third-order valence-corrected chi connectivity index (χ3v) is 1.63. The van der Waals surface area contributed by atoms with E-state index in [1.165, 1.54) is 0 Å². The van der Waals surface area contributed by atoms with Crippen molar-refractivity contribution in [3.05, 3.63) is 0 Å². The Hall–Kier alpha value is -0.570. The van der Waals surface area contributed by atoms with Gasteiger partial charge in [0.15, 0.2) is 0 Å². The van der Waals surface area contributed by atoms with E-state index in [-0.39, 0.29) is 6.10 Å². The first-order valence-electron chi connectivity index (χ1n) is 3.92. The van der Waals surface area contributed by atoms with Gasteiger partial charge >= 0.3 is 5.97 Å². The normalized spacial score (nSPS) is 15.9. The molecule has 0 aliphatic rings. The second-order valence-electron chi connectivity index (χ2n) is 2.79. The van der Waals surface area contributed by atoms with E-state index < -0.39 is 11.9 Å². The minimum Gasteiger partial charge on any atom is -0.481 e. The van der Waals surface area contributed by atoms with Crippen LogP contribution in [0.3, 0.4) is 0 Å². The molecule has 0 radical (unpaired) electrons. The summed E-state index contributed by atoms with van der Waals surface area (Å²) >= 11 is 0. The van der Waals surface area contributed by atoms with E-state index in [9.17, 15) is 4.79 Å². The first-order valence-corrected chi connectivity index (χ1v) is 3.92. The number of carbonyl (C=O) groups is 1. The zero-order valence-electron chi connectivity index (χ0n) is 7.33. The summed E-state index contributed by atoms with van der Waals surface area (Å²) in [5, 5.41) is 8.49. The fourth-order valence-electron chi connectivity index (χ4n) is 0.498. The third-order valence-electron chi connectivity index (χ3n) is 1.63. The van der Waals surface area contributed by atoms with Crippen LogP contribution < -0.4 is 0 Å². The summed E-state index contributed by atoms with van der Waals surface area (Å²) in [5.41, 5.74) is 0. The largest absolute Gasteiger partial charge is 0.481 e. The molecule has 0 heterocycles. The lowest BCUT2D eigenvalue weighted by molar-refractivity contribution is -0.143. The van der Waals surface area contributed by atoms with Gasteiger partial charge in [0.1, 0.15) is 0 Å². The summed E-state index contributed by atoms with van der Waals surface area (Å²) < 4.78 is 5.23. The second kappa shape index (κ2) is 5.13. The average Bonchev–Trinajstić information content (AvgIpc) is 1.99. The lowest BCUT2D eigenvalue weighted by Gasteiger charge is -2.12. The van der Waals surface area contributed by atoms with E-state index in [0.717, 1.165) is 6.42 Å². The SMILES string of the molecule is CCC(C)OCC(C)C(=O)O. The maximum atomic E-state index is 10.3. The first-order chi connectivity index (χ1) is 5.07. The highest BCUT2D eigenvalue weighted by atomic mass is 16.5. The Morgan fingerprint density at radius 1 is 1.55 bits per heavy atom. The molecule has 0 aliphatic heterocycles. The van der Waals surface area contributed by atoms with Gasteiger partial charge in [0, 0.05) is 0 Å². The molecule has 0 rings (SSSR count). The molecule has 0 aromatic heterocycles. The number of rotatable bonds is 5. The average molecular weight is 160 g/mol. The van der Waals surface area contributed by atoms with E-state index >= 15 is 0 Å². The molecule has 0 saturated carbocycles. The zero-order valence-corrected chi connectivity index (χ0v) is 7.33. The van der Waals surface area contributed by atoms with Gasteiger partial charge in [-0.1, -0.05) is 6.92 Å². The minimum absolute atomic E-state index is 0.164. The molecule has 2 unspecified atom stereocenters. The molecule has 0 bridgehead atoms. The lowest BCUT2D eigenvalue weighted by Crippen LogP contribution is -2.19. The summed E-state index contributed by atoms with van der Waals surface area (Å²) in [6.45, 7) is 5.90. The Morgan fingerprint density at radius 3 is 2.45 bits per heavy atom. The van der Waals surface area contributed by atoms with Crippen molar-refractivity contribution in [2.45, 2.75) is 33.3 Å². The first kappa shape index (κ1) is 10.4. The summed E-state index contributed by atoms with van der Waals surface area (Å²) in [5.74, 6) is -1.20. The van der Waals surface area contributed by atoms with Crippen LogP contribution in [0, 0.1) is 5.92 Å². The molecule has 0 spiro atoms. The van der Waals surface area contributed by atoms with Gasteiger partial charge < -0.3 is 9.84 Å². The number of hydrogen-bond donors (Lipinski definition) is 1. The third kappa shape index (κ3) is 4.79. The Bertz CT molecular complexity index is 123. The molecule has 0 fully saturated rings. The Labute approximate surface area is 67.4 Å². The number of ether oxygens (including phenoxy) is 1. The van der Waals surface area contributed by atoms with Gasteiger partial charge in [0.25, 0.3) is 0 Å². The smallest absolute Gasteiger partial charge is 0.308 e. The number of hydrogen-bond acceptors (Lipinski definition) is 2. The van der Waals surface area contributed by atoms with Crippen LogP contribution in [0.4, 0.5) is 0 Å². The summed E-state index contributed by atoms with van der Waals surface area (Å²) in [6.07, 6.45) is 1.09. The van der Waals surface area contributed by atoms with Crippen molar-refractivity contribution in [3.8, 4) is 0 Å². The summed E-state index contributed by atoms with van der Waals surface area (Å²) in [6, 6.07) is 0. The van der Waals surface area contributed by atoms with E-state index in [0.29, 0.717) is 6.61 Å². The van der Waals surface area contributed by atoms with Crippen LogP contribution in [0.1, 0.15) is 27.2 Å². The molecule has 2 atom stereocenters. The standard InChI is InChI=1S/C8H16O3/c1-4-7(3)11-5-6(2)8(9)10/h6-7H,4-5H2,1-3H3,(H,9,10). The zero-order chi connectivity index (χ0) is 8.85. The second-order valence-corrected chi connectivity index (χ2v) is 2.79. The molecule has 0 amide bonds. The van der Waals surface area contributed by atoms with Crippen LogP contribution in [-0.2, 0) is 9.53 Å². The Morgan fingerprint density at radius 2 is 2.09 bits per heavy atom. The van der Waals surface area contributed by atoms with Crippen molar-refractivity contribution < 1.29 is 14.6 Å².